The standard InChI is InChI=1S/C17H13FN4O2S/c18-12-4-1-5-13(23)14(12)22-7-8-25-17(22)21-16(24)11-9-20-15-10(11)3-2-6-19-15/h1-6,9,23H,7-8H2,(H,19,20). The lowest BCUT2D eigenvalue weighted by Gasteiger charge is -2.19. The Bertz CT molecular complexity index is 981. The van der Waals surface area contributed by atoms with Crippen LogP contribution in [0.15, 0.2) is 47.7 Å². The van der Waals surface area contributed by atoms with Gasteiger partial charge in [0.25, 0.3) is 5.91 Å². The van der Waals surface area contributed by atoms with Gasteiger partial charge in [-0.05, 0) is 24.3 Å². The summed E-state index contributed by atoms with van der Waals surface area (Å²) in [6.45, 7) is 0.459. The number of phenols is 1. The number of anilines is 1. The maximum atomic E-state index is 14.1. The molecule has 1 saturated heterocycles. The van der Waals surface area contributed by atoms with E-state index in [4.69, 9.17) is 0 Å². The third-order valence-corrected chi connectivity index (χ3v) is 4.85. The van der Waals surface area contributed by atoms with E-state index in [-0.39, 0.29) is 11.4 Å². The number of carbonyl (C=O) groups is 1. The Labute approximate surface area is 146 Å². The first-order chi connectivity index (χ1) is 12.1. The lowest BCUT2D eigenvalue weighted by Crippen LogP contribution is -2.25. The van der Waals surface area contributed by atoms with Crippen molar-refractivity contribution in [1.82, 2.24) is 9.97 Å². The number of pyridine rings is 1. The van der Waals surface area contributed by atoms with Gasteiger partial charge in [-0.1, -0.05) is 17.8 Å². The molecule has 0 radical (unpaired) electrons. The van der Waals surface area contributed by atoms with E-state index in [9.17, 15) is 14.3 Å². The molecular weight excluding hydrogens is 343 g/mol. The smallest absolute Gasteiger partial charge is 0.281 e. The largest absolute Gasteiger partial charge is 0.506 e. The van der Waals surface area contributed by atoms with E-state index in [1.165, 1.54) is 34.9 Å². The van der Waals surface area contributed by atoms with Crippen molar-refractivity contribution in [2.75, 3.05) is 17.2 Å². The van der Waals surface area contributed by atoms with Crippen LogP contribution in [-0.4, -0.2) is 38.4 Å². The molecule has 3 heterocycles. The number of benzene rings is 1. The van der Waals surface area contributed by atoms with Crippen LogP contribution in [0.3, 0.4) is 0 Å². The van der Waals surface area contributed by atoms with Gasteiger partial charge in [0.2, 0.25) is 0 Å². The molecular formula is C17H13FN4O2S. The molecule has 1 amide bonds. The number of carbonyl (C=O) groups excluding carboxylic acids is 1. The van der Waals surface area contributed by atoms with E-state index in [1.807, 2.05) is 0 Å². The molecule has 25 heavy (non-hydrogen) atoms. The molecule has 1 aromatic carbocycles. The molecule has 0 saturated carbocycles. The number of hydrogen-bond acceptors (Lipinski definition) is 4. The van der Waals surface area contributed by atoms with Crippen LogP contribution in [0.25, 0.3) is 11.0 Å². The van der Waals surface area contributed by atoms with Crippen LogP contribution in [0.1, 0.15) is 10.4 Å². The molecule has 0 bridgehead atoms. The third-order valence-electron chi connectivity index (χ3n) is 3.89. The minimum absolute atomic E-state index is 0.0413. The average molecular weight is 356 g/mol. The first-order valence-electron chi connectivity index (χ1n) is 7.58. The Hall–Kier alpha value is -2.87. The number of thioether (sulfide) groups is 1. The number of aromatic nitrogens is 2. The van der Waals surface area contributed by atoms with Crippen molar-refractivity contribution in [3.63, 3.8) is 0 Å². The van der Waals surface area contributed by atoms with E-state index in [0.717, 1.165) is 0 Å². The molecule has 126 valence electrons. The van der Waals surface area contributed by atoms with Crippen molar-refractivity contribution in [2.45, 2.75) is 0 Å². The molecule has 1 fully saturated rings. The highest BCUT2D eigenvalue weighted by molar-refractivity contribution is 8.14. The second-order valence-corrected chi connectivity index (χ2v) is 6.47. The maximum absolute atomic E-state index is 14.1. The van der Waals surface area contributed by atoms with Gasteiger partial charge in [-0.25, -0.2) is 9.37 Å². The lowest BCUT2D eigenvalue weighted by atomic mass is 10.2. The molecule has 1 aliphatic heterocycles. The van der Waals surface area contributed by atoms with Gasteiger partial charge in [-0.15, -0.1) is 0 Å². The summed E-state index contributed by atoms with van der Waals surface area (Å²) >= 11 is 1.35. The van der Waals surface area contributed by atoms with Crippen LogP contribution < -0.4 is 4.90 Å². The fourth-order valence-corrected chi connectivity index (χ4v) is 3.70. The highest BCUT2D eigenvalue weighted by atomic mass is 32.2. The van der Waals surface area contributed by atoms with Crippen molar-refractivity contribution in [3.05, 3.63) is 54.1 Å². The van der Waals surface area contributed by atoms with Crippen molar-refractivity contribution in [1.29, 1.82) is 0 Å². The molecule has 3 aromatic rings. The second-order valence-electron chi connectivity index (χ2n) is 5.41. The summed E-state index contributed by atoms with van der Waals surface area (Å²) in [5, 5.41) is 11.0. The number of aliphatic imine (C=N–C) groups is 1. The Kier molecular flexibility index (Phi) is 3.89. The normalized spacial score (nSPS) is 16.0. The Morgan fingerprint density at radius 2 is 2.24 bits per heavy atom. The van der Waals surface area contributed by atoms with Crippen molar-refractivity contribution < 1.29 is 14.3 Å². The maximum Gasteiger partial charge on any atom is 0.281 e. The van der Waals surface area contributed by atoms with Gasteiger partial charge >= 0.3 is 0 Å². The first kappa shape index (κ1) is 15.6. The number of fused-ring (bicyclic) bond motifs is 1. The highest BCUT2D eigenvalue weighted by Gasteiger charge is 2.27. The molecule has 4 rings (SSSR count). The topological polar surface area (TPSA) is 81.6 Å². The number of H-pyrrole nitrogens is 1. The molecule has 6 nitrogen and oxygen atoms in total. The Morgan fingerprint density at radius 3 is 3.08 bits per heavy atom. The quantitative estimate of drug-likeness (QED) is 0.737. The van der Waals surface area contributed by atoms with Crippen LogP contribution >= 0.6 is 11.8 Å². The van der Waals surface area contributed by atoms with Crippen molar-refractivity contribution in [2.24, 2.45) is 4.99 Å². The number of phenolic OH excluding ortho intramolecular Hbond substituents is 1. The molecule has 1 aliphatic rings. The van der Waals surface area contributed by atoms with E-state index in [2.05, 4.69) is 15.0 Å². The molecule has 0 aliphatic carbocycles. The molecule has 0 unspecified atom stereocenters. The van der Waals surface area contributed by atoms with Gasteiger partial charge in [0.05, 0.1) is 5.56 Å². The summed E-state index contributed by atoms with van der Waals surface area (Å²) in [5.74, 6) is -0.530. The van der Waals surface area contributed by atoms with Gasteiger partial charge in [-0.2, -0.15) is 4.99 Å². The zero-order valence-electron chi connectivity index (χ0n) is 12.9. The number of aromatic hydroxyl groups is 1. The van der Waals surface area contributed by atoms with Gasteiger partial charge < -0.3 is 15.0 Å². The fraction of sp³-hybridized carbons (Fsp3) is 0.118. The van der Waals surface area contributed by atoms with Crippen LogP contribution in [0, 0.1) is 5.82 Å². The summed E-state index contributed by atoms with van der Waals surface area (Å²) in [5.41, 5.74) is 1.05. The summed E-state index contributed by atoms with van der Waals surface area (Å²) in [4.78, 5) is 25.3. The van der Waals surface area contributed by atoms with Crippen molar-refractivity contribution in [3.8, 4) is 5.75 Å². The number of hydrogen-bond donors (Lipinski definition) is 2. The Balaban J connectivity index is 1.71. The summed E-state index contributed by atoms with van der Waals surface area (Å²) in [6.07, 6.45) is 3.20. The number of nitrogens with one attached hydrogen (secondary N) is 1. The van der Waals surface area contributed by atoms with Crippen LogP contribution in [-0.2, 0) is 0 Å². The summed E-state index contributed by atoms with van der Waals surface area (Å²) in [6, 6.07) is 7.63. The van der Waals surface area contributed by atoms with Crippen LogP contribution in [0.4, 0.5) is 10.1 Å². The average Bonchev–Trinajstić information content (AvgIpc) is 3.22. The number of halogens is 1. The first-order valence-corrected chi connectivity index (χ1v) is 8.56. The fourth-order valence-electron chi connectivity index (χ4n) is 2.75. The van der Waals surface area contributed by atoms with Gasteiger partial charge in [0, 0.05) is 30.1 Å². The van der Waals surface area contributed by atoms with Gasteiger partial charge in [0.1, 0.15) is 17.1 Å². The zero-order valence-corrected chi connectivity index (χ0v) is 13.8. The second kappa shape index (κ2) is 6.21. The number of para-hydroxylation sites is 1. The number of aromatic amines is 1. The van der Waals surface area contributed by atoms with Gasteiger partial charge in [0.15, 0.2) is 11.0 Å². The van der Waals surface area contributed by atoms with E-state index in [1.54, 1.807) is 24.5 Å². The van der Waals surface area contributed by atoms with E-state index in [0.29, 0.717) is 34.1 Å². The summed E-state index contributed by atoms with van der Waals surface area (Å²) in [7, 11) is 0. The third kappa shape index (κ3) is 2.74. The van der Waals surface area contributed by atoms with Crippen LogP contribution in [0.5, 0.6) is 5.75 Å². The Morgan fingerprint density at radius 1 is 1.36 bits per heavy atom. The molecule has 0 spiro atoms. The van der Waals surface area contributed by atoms with Crippen LogP contribution in [0.2, 0.25) is 0 Å². The number of amidine groups is 1. The predicted molar refractivity (Wildman–Crippen MR) is 95.7 cm³/mol. The highest BCUT2D eigenvalue weighted by Crippen LogP contribution is 2.35. The van der Waals surface area contributed by atoms with Crippen molar-refractivity contribution >= 4 is 39.6 Å². The molecule has 0 atom stereocenters. The lowest BCUT2D eigenvalue weighted by molar-refractivity contribution is 0.100. The molecule has 8 heteroatoms. The number of rotatable bonds is 2. The molecule has 2 aromatic heterocycles. The minimum Gasteiger partial charge on any atom is -0.506 e. The summed E-state index contributed by atoms with van der Waals surface area (Å²) < 4.78 is 14.1. The molecule has 2 N–H and O–H groups in total. The van der Waals surface area contributed by atoms with E-state index >= 15 is 0 Å². The van der Waals surface area contributed by atoms with E-state index < -0.39 is 11.7 Å². The minimum atomic E-state index is -0.557. The number of nitrogens with zero attached hydrogens (tertiary/aromatic N) is 3. The predicted octanol–water partition coefficient (Wildman–Crippen LogP) is 3.16. The number of amides is 1. The SMILES string of the molecule is O=C(N=C1SCCN1c1c(O)cccc1F)c1c[nH]c2ncccc12. The zero-order chi connectivity index (χ0) is 17.4. The van der Waals surface area contributed by atoms with Gasteiger partial charge in [-0.3, -0.25) is 4.79 Å². The monoisotopic (exact) mass is 356 g/mol.